The zero-order valence-electron chi connectivity index (χ0n) is 11.1. The minimum absolute atomic E-state index is 0.720. The molecule has 0 aliphatic carbocycles. The predicted molar refractivity (Wildman–Crippen MR) is 77.8 cm³/mol. The van der Waals surface area contributed by atoms with Crippen LogP contribution >= 0.6 is 11.3 Å². The van der Waals surface area contributed by atoms with Crippen LogP contribution in [-0.2, 0) is 6.42 Å². The van der Waals surface area contributed by atoms with Crippen molar-refractivity contribution in [2.24, 2.45) is 0 Å². The van der Waals surface area contributed by atoms with E-state index in [1.54, 1.807) is 22.3 Å². The number of aryl methyl sites for hydroxylation is 2. The van der Waals surface area contributed by atoms with Gasteiger partial charge in [0.25, 0.3) is 0 Å². The lowest BCUT2D eigenvalue weighted by Gasteiger charge is -2.04. The largest absolute Gasteiger partial charge is 0.396 e. The van der Waals surface area contributed by atoms with Gasteiger partial charge in [-0.05, 0) is 26.3 Å². The molecule has 98 valence electrons. The van der Waals surface area contributed by atoms with Gasteiger partial charge in [-0.2, -0.15) is 5.10 Å². The molecule has 0 amide bonds. The summed E-state index contributed by atoms with van der Waals surface area (Å²) in [5, 5.41) is 5.51. The number of nitrogens with zero attached hydrogens (tertiary/aromatic N) is 4. The van der Waals surface area contributed by atoms with E-state index in [0.717, 1.165) is 39.5 Å². The van der Waals surface area contributed by atoms with Crippen LogP contribution in [0.2, 0.25) is 0 Å². The quantitative estimate of drug-likeness (QED) is 0.779. The molecule has 0 radical (unpaired) electrons. The number of fused-ring (bicyclic) bond motifs is 1. The number of nitrogen functional groups attached to an aromatic ring is 1. The van der Waals surface area contributed by atoms with E-state index >= 15 is 0 Å². The Morgan fingerprint density at radius 2 is 2.11 bits per heavy atom. The van der Waals surface area contributed by atoms with E-state index in [1.165, 1.54) is 4.88 Å². The van der Waals surface area contributed by atoms with Crippen molar-refractivity contribution in [1.29, 1.82) is 0 Å². The summed E-state index contributed by atoms with van der Waals surface area (Å²) in [7, 11) is 0. The van der Waals surface area contributed by atoms with Gasteiger partial charge in [0.1, 0.15) is 11.2 Å². The van der Waals surface area contributed by atoms with E-state index in [0.29, 0.717) is 0 Å². The summed E-state index contributed by atoms with van der Waals surface area (Å²) >= 11 is 1.70. The zero-order chi connectivity index (χ0) is 13.6. The molecule has 19 heavy (non-hydrogen) atoms. The molecular weight excluding hydrogens is 258 g/mol. The molecule has 0 saturated heterocycles. The Hall–Kier alpha value is -1.95. The van der Waals surface area contributed by atoms with Crippen LogP contribution in [0.25, 0.3) is 16.0 Å². The molecule has 0 aromatic carbocycles. The Labute approximate surface area is 115 Å². The highest BCUT2D eigenvalue weighted by Crippen LogP contribution is 2.29. The Morgan fingerprint density at radius 1 is 1.32 bits per heavy atom. The Morgan fingerprint density at radius 3 is 2.74 bits per heavy atom. The Bertz CT molecular complexity index is 756. The van der Waals surface area contributed by atoms with Crippen molar-refractivity contribution in [2.75, 3.05) is 5.73 Å². The third kappa shape index (κ3) is 1.79. The van der Waals surface area contributed by atoms with Gasteiger partial charge in [-0.1, -0.05) is 6.92 Å². The fourth-order valence-electron chi connectivity index (χ4n) is 2.10. The maximum absolute atomic E-state index is 5.99. The molecule has 0 spiro atoms. The summed E-state index contributed by atoms with van der Waals surface area (Å²) in [5.74, 6) is 0.804. The monoisotopic (exact) mass is 273 g/mol. The van der Waals surface area contributed by atoms with E-state index < -0.39 is 0 Å². The highest BCUT2D eigenvalue weighted by Gasteiger charge is 2.15. The number of hydrogen-bond donors (Lipinski definition) is 1. The first-order valence-corrected chi connectivity index (χ1v) is 6.99. The van der Waals surface area contributed by atoms with Crippen LogP contribution in [0.4, 0.5) is 5.69 Å². The van der Waals surface area contributed by atoms with Crippen LogP contribution in [0.5, 0.6) is 0 Å². The van der Waals surface area contributed by atoms with Crippen molar-refractivity contribution in [3.8, 4) is 5.82 Å². The van der Waals surface area contributed by atoms with Crippen molar-refractivity contribution < 1.29 is 0 Å². The molecule has 6 heteroatoms. The summed E-state index contributed by atoms with van der Waals surface area (Å²) in [5.41, 5.74) is 8.46. The lowest BCUT2D eigenvalue weighted by molar-refractivity contribution is 0.811. The molecule has 0 saturated carbocycles. The van der Waals surface area contributed by atoms with Crippen LogP contribution in [0.15, 0.2) is 12.4 Å². The molecule has 3 aromatic rings. The van der Waals surface area contributed by atoms with Crippen LogP contribution in [0.1, 0.15) is 23.2 Å². The van der Waals surface area contributed by atoms with Gasteiger partial charge in [0.05, 0.1) is 22.5 Å². The number of rotatable bonds is 2. The molecule has 3 heterocycles. The highest BCUT2D eigenvalue weighted by atomic mass is 32.1. The topological polar surface area (TPSA) is 69.6 Å². The summed E-state index contributed by atoms with van der Waals surface area (Å²) in [6.07, 6.45) is 2.58. The molecule has 0 unspecified atom stereocenters. The molecule has 0 aliphatic heterocycles. The molecule has 3 aromatic heterocycles. The van der Waals surface area contributed by atoms with Gasteiger partial charge < -0.3 is 5.73 Å². The highest BCUT2D eigenvalue weighted by molar-refractivity contribution is 7.18. The number of aromatic nitrogens is 4. The summed E-state index contributed by atoms with van der Waals surface area (Å²) in [6.45, 7) is 6.00. The van der Waals surface area contributed by atoms with Gasteiger partial charge in [0, 0.05) is 4.88 Å². The molecule has 0 bridgehead atoms. The number of thiophene rings is 1. The summed E-state index contributed by atoms with van der Waals surface area (Å²) in [6, 6.07) is 2.14. The molecule has 0 atom stereocenters. The first-order chi connectivity index (χ1) is 9.11. The van der Waals surface area contributed by atoms with Crippen molar-refractivity contribution in [1.82, 2.24) is 19.7 Å². The van der Waals surface area contributed by atoms with E-state index in [9.17, 15) is 0 Å². The van der Waals surface area contributed by atoms with Crippen molar-refractivity contribution in [2.45, 2.75) is 27.2 Å². The van der Waals surface area contributed by atoms with Gasteiger partial charge in [0.15, 0.2) is 5.82 Å². The lowest BCUT2D eigenvalue weighted by Crippen LogP contribution is -2.03. The average molecular weight is 273 g/mol. The molecular formula is C13H15N5S. The smallest absolute Gasteiger partial charge is 0.165 e. The normalized spacial score (nSPS) is 11.3. The third-order valence-electron chi connectivity index (χ3n) is 3.26. The van der Waals surface area contributed by atoms with E-state index in [1.807, 2.05) is 13.8 Å². The zero-order valence-corrected chi connectivity index (χ0v) is 12.0. The van der Waals surface area contributed by atoms with Crippen LogP contribution < -0.4 is 5.73 Å². The second kappa shape index (κ2) is 4.31. The van der Waals surface area contributed by atoms with Gasteiger partial charge >= 0.3 is 0 Å². The van der Waals surface area contributed by atoms with Crippen LogP contribution in [-0.4, -0.2) is 19.7 Å². The summed E-state index contributed by atoms with van der Waals surface area (Å²) < 4.78 is 1.81. The standard InChI is InChI=1S/C13H15N5S/c1-4-9-5-10-12(15-6-16-13(10)19-9)18-8(3)11(14)7(2)17-18/h5-6H,4,14H2,1-3H3. The van der Waals surface area contributed by atoms with Crippen molar-refractivity contribution in [3.63, 3.8) is 0 Å². The molecule has 0 aliphatic rings. The number of hydrogen-bond acceptors (Lipinski definition) is 5. The Kier molecular flexibility index (Phi) is 2.74. The van der Waals surface area contributed by atoms with Gasteiger partial charge in [-0.25, -0.2) is 14.6 Å². The molecule has 3 rings (SSSR count). The molecule has 2 N–H and O–H groups in total. The van der Waals surface area contributed by atoms with Crippen LogP contribution in [0, 0.1) is 13.8 Å². The van der Waals surface area contributed by atoms with Gasteiger partial charge in [0.2, 0.25) is 0 Å². The fourth-order valence-corrected chi connectivity index (χ4v) is 3.03. The van der Waals surface area contributed by atoms with Crippen LogP contribution in [0.3, 0.4) is 0 Å². The molecule has 0 fully saturated rings. The second-order valence-electron chi connectivity index (χ2n) is 4.48. The minimum Gasteiger partial charge on any atom is -0.396 e. The van der Waals surface area contributed by atoms with Gasteiger partial charge in [-0.3, -0.25) is 0 Å². The maximum atomic E-state index is 5.99. The maximum Gasteiger partial charge on any atom is 0.165 e. The first-order valence-electron chi connectivity index (χ1n) is 6.17. The molecule has 5 nitrogen and oxygen atoms in total. The Balaban J connectivity index is 2.29. The minimum atomic E-state index is 0.720. The van der Waals surface area contributed by atoms with Crippen molar-refractivity contribution in [3.05, 3.63) is 28.7 Å². The van der Waals surface area contributed by atoms with Crippen molar-refractivity contribution >= 4 is 27.2 Å². The fraction of sp³-hybridized carbons (Fsp3) is 0.308. The van der Waals surface area contributed by atoms with Gasteiger partial charge in [-0.15, -0.1) is 11.3 Å². The van der Waals surface area contributed by atoms with E-state index in [4.69, 9.17) is 5.73 Å². The summed E-state index contributed by atoms with van der Waals surface area (Å²) in [4.78, 5) is 11.0. The third-order valence-corrected chi connectivity index (χ3v) is 4.44. The number of anilines is 1. The first kappa shape index (κ1) is 12.1. The number of nitrogens with two attached hydrogens (primary N) is 1. The predicted octanol–water partition coefficient (Wildman–Crippen LogP) is 2.64. The second-order valence-corrected chi connectivity index (χ2v) is 5.59. The van der Waals surface area contributed by atoms with E-state index in [2.05, 4.69) is 28.1 Å². The average Bonchev–Trinajstić information content (AvgIpc) is 2.95. The SMILES string of the molecule is CCc1cc2c(-n3nc(C)c(N)c3C)ncnc2s1. The lowest BCUT2D eigenvalue weighted by atomic mass is 10.3. The van der Waals surface area contributed by atoms with E-state index in [-0.39, 0.29) is 0 Å².